The maximum absolute atomic E-state index is 12.5. The van der Waals surface area contributed by atoms with Gasteiger partial charge in [0.15, 0.2) is 5.78 Å². The van der Waals surface area contributed by atoms with Crippen molar-refractivity contribution in [3.63, 3.8) is 0 Å². The van der Waals surface area contributed by atoms with Crippen LogP contribution in [0.1, 0.15) is 28.4 Å². The molecule has 1 aliphatic rings. The summed E-state index contributed by atoms with van der Waals surface area (Å²) in [7, 11) is 2.13. The van der Waals surface area contributed by atoms with E-state index in [1.165, 1.54) is 11.1 Å². The first-order chi connectivity index (χ1) is 8.99. The summed E-state index contributed by atoms with van der Waals surface area (Å²) < 4.78 is 0. The van der Waals surface area contributed by atoms with Crippen molar-refractivity contribution >= 4 is 5.78 Å². The first-order valence-electron chi connectivity index (χ1n) is 7.03. The Kier molecular flexibility index (Phi) is 4.38. The minimum Gasteiger partial charge on any atom is -0.304 e. The molecule has 1 atom stereocenters. The maximum Gasteiger partial charge on any atom is 0.179 e. The van der Waals surface area contributed by atoms with E-state index in [-0.39, 0.29) is 11.8 Å². The van der Waals surface area contributed by atoms with Crippen molar-refractivity contribution in [2.24, 2.45) is 0 Å². The average molecular weight is 260 g/mol. The lowest BCUT2D eigenvalue weighted by molar-refractivity contribution is 0.0738. The lowest BCUT2D eigenvalue weighted by Gasteiger charge is -2.35. The Morgan fingerprint density at radius 3 is 2.32 bits per heavy atom. The smallest absolute Gasteiger partial charge is 0.179 e. The first kappa shape index (κ1) is 14.2. The zero-order chi connectivity index (χ0) is 14.0. The molecule has 1 heterocycles. The van der Waals surface area contributed by atoms with Crippen molar-refractivity contribution in [3.8, 4) is 0 Å². The number of Topliss-reactive ketones (excluding diaryl/α,β-unsaturated/α-hetero) is 1. The van der Waals surface area contributed by atoms with Crippen LogP contribution in [0.25, 0.3) is 0 Å². The van der Waals surface area contributed by atoms with Gasteiger partial charge in [0.1, 0.15) is 0 Å². The summed E-state index contributed by atoms with van der Waals surface area (Å²) >= 11 is 0. The van der Waals surface area contributed by atoms with Crippen molar-refractivity contribution in [1.29, 1.82) is 0 Å². The maximum atomic E-state index is 12.5. The van der Waals surface area contributed by atoms with E-state index in [2.05, 4.69) is 30.7 Å². The molecule has 1 fully saturated rings. The second-order valence-electron chi connectivity index (χ2n) is 5.68. The van der Waals surface area contributed by atoms with Crippen LogP contribution in [0.3, 0.4) is 0 Å². The third-order valence-electron chi connectivity index (χ3n) is 4.26. The summed E-state index contributed by atoms with van der Waals surface area (Å²) in [5.74, 6) is 0.243. The summed E-state index contributed by atoms with van der Waals surface area (Å²) in [6, 6.07) is 6.00. The fourth-order valence-electron chi connectivity index (χ4n) is 2.51. The van der Waals surface area contributed by atoms with E-state index in [1.54, 1.807) is 0 Å². The number of piperazine rings is 1. The summed E-state index contributed by atoms with van der Waals surface area (Å²) in [4.78, 5) is 17.1. The molecule has 2 rings (SSSR count). The summed E-state index contributed by atoms with van der Waals surface area (Å²) in [5.41, 5.74) is 3.27. The van der Waals surface area contributed by atoms with E-state index in [0.717, 1.165) is 31.7 Å². The number of ketones is 1. The standard InChI is InChI=1S/C16H24N2O/c1-12-5-6-15(11-13(12)2)16(19)14(3)18-9-7-17(4)8-10-18/h5-6,11,14H,7-10H2,1-4H3. The number of rotatable bonds is 3. The van der Waals surface area contributed by atoms with Crippen LogP contribution in [0.4, 0.5) is 0 Å². The monoisotopic (exact) mass is 260 g/mol. The van der Waals surface area contributed by atoms with E-state index in [1.807, 2.05) is 25.1 Å². The quantitative estimate of drug-likeness (QED) is 0.778. The zero-order valence-corrected chi connectivity index (χ0v) is 12.4. The van der Waals surface area contributed by atoms with Crippen LogP contribution in [0, 0.1) is 13.8 Å². The molecule has 1 aromatic rings. The number of likely N-dealkylation sites (N-methyl/N-ethyl adjacent to an activating group) is 1. The van der Waals surface area contributed by atoms with Crippen molar-refractivity contribution in [2.75, 3.05) is 33.2 Å². The molecule has 3 heteroatoms. The van der Waals surface area contributed by atoms with Crippen molar-refractivity contribution in [2.45, 2.75) is 26.8 Å². The third-order valence-corrected chi connectivity index (χ3v) is 4.26. The molecule has 104 valence electrons. The minimum atomic E-state index is -0.0178. The summed E-state index contributed by atoms with van der Waals surface area (Å²) in [6.07, 6.45) is 0. The number of benzene rings is 1. The number of hydrogen-bond donors (Lipinski definition) is 0. The number of hydrogen-bond acceptors (Lipinski definition) is 3. The van der Waals surface area contributed by atoms with E-state index in [4.69, 9.17) is 0 Å². The SMILES string of the molecule is Cc1ccc(C(=O)C(C)N2CCN(C)CC2)cc1C. The number of carbonyl (C=O) groups excluding carboxylic acids is 1. The lowest BCUT2D eigenvalue weighted by Crippen LogP contribution is -2.50. The molecular formula is C16H24N2O. The van der Waals surface area contributed by atoms with Gasteiger partial charge in [0, 0.05) is 31.7 Å². The molecule has 1 aliphatic heterocycles. The molecule has 19 heavy (non-hydrogen) atoms. The Morgan fingerprint density at radius 2 is 1.74 bits per heavy atom. The van der Waals surface area contributed by atoms with E-state index < -0.39 is 0 Å². The molecule has 0 saturated carbocycles. The van der Waals surface area contributed by atoms with Crippen molar-refractivity contribution < 1.29 is 4.79 Å². The molecule has 0 aliphatic carbocycles. The van der Waals surface area contributed by atoms with Gasteiger partial charge in [-0.2, -0.15) is 0 Å². The Labute approximate surface area is 116 Å². The van der Waals surface area contributed by atoms with E-state index in [0.29, 0.717) is 0 Å². The number of nitrogens with zero attached hydrogens (tertiary/aromatic N) is 2. The van der Waals surface area contributed by atoms with Crippen LogP contribution >= 0.6 is 0 Å². The first-order valence-corrected chi connectivity index (χ1v) is 7.03. The Hall–Kier alpha value is -1.19. The van der Waals surface area contributed by atoms with Gasteiger partial charge < -0.3 is 4.90 Å². The second-order valence-corrected chi connectivity index (χ2v) is 5.68. The minimum absolute atomic E-state index is 0.0178. The van der Waals surface area contributed by atoms with Crippen LogP contribution in [-0.4, -0.2) is 54.9 Å². The van der Waals surface area contributed by atoms with Gasteiger partial charge in [0.25, 0.3) is 0 Å². The Bertz CT molecular complexity index is 462. The van der Waals surface area contributed by atoms with Gasteiger partial charge >= 0.3 is 0 Å². The molecule has 0 aromatic heterocycles. The fraction of sp³-hybridized carbons (Fsp3) is 0.562. The third kappa shape index (κ3) is 3.23. The van der Waals surface area contributed by atoms with Gasteiger partial charge in [0.2, 0.25) is 0 Å². The number of carbonyl (C=O) groups is 1. The van der Waals surface area contributed by atoms with E-state index in [9.17, 15) is 4.79 Å². The van der Waals surface area contributed by atoms with Gasteiger partial charge in [0.05, 0.1) is 6.04 Å². The molecular weight excluding hydrogens is 236 g/mol. The highest BCUT2D eigenvalue weighted by molar-refractivity contribution is 6.00. The largest absolute Gasteiger partial charge is 0.304 e. The molecule has 1 saturated heterocycles. The van der Waals surface area contributed by atoms with Crippen molar-refractivity contribution in [1.82, 2.24) is 9.80 Å². The molecule has 0 spiro atoms. The molecule has 0 radical (unpaired) electrons. The van der Waals surface area contributed by atoms with Crippen LogP contribution in [0.15, 0.2) is 18.2 Å². The van der Waals surface area contributed by atoms with Crippen LogP contribution in [0.2, 0.25) is 0 Å². The predicted molar refractivity (Wildman–Crippen MR) is 78.8 cm³/mol. The van der Waals surface area contributed by atoms with E-state index >= 15 is 0 Å². The van der Waals surface area contributed by atoms with Crippen LogP contribution in [-0.2, 0) is 0 Å². The highest BCUT2D eigenvalue weighted by atomic mass is 16.1. The normalized spacial score (nSPS) is 19.4. The van der Waals surface area contributed by atoms with Crippen LogP contribution < -0.4 is 0 Å². The van der Waals surface area contributed by atoms with Gasteiger partial charge in [-0.25, -0.2) is 0 Å². The molecule has 3 nitrogen and oxygen atoms in total. The predicted octanol–water partition coefficient (Wildman–Crippen LogP) is 2.12. The molecule has 0 bridgehead atoms. The summed E-state index contributed by atoms with van der Waals surface area (Å²) in [6.45, 7) is 10.2. The average Bonchev–Trinajstić information content (AvgIpc) is 2.41. The van der Waals surface area contributed by atoms with Gasteiger partial charge in [-0.3, -0.25) is 9.69 Å². The zero-order valence-electron chi connectivity index (χ0n) is 12.4. The molecule has 0 amide bonds. The topological polar surface area (TPSA) is 23.6 Å². The summed E-state index contributed by atoms with van der Waals surface area (Å²) in [5, 5.41) is 0. The van der Waals surface area contributed by atoms with Gasteiger partial charge in [-0.15, -0.1) is 0 Å². The lowest BCUT2D eigenvalue weighted by atomic mass is 9.99. The van der Waals surface area contributed by atoms with Gasteiger partial charge in [-0.05, 0) is 45.0 Å². The fourth-order valence-corrected chi connectivity index (χ4v) is 2.51. The second kappa shape index (κ2) is 5.85. The van der Waals surface area contributed by atoms with Gasteiger partial charge in [-0.1, -0.05) is 12.1 Å². The molecule has 0 N–H and O–H groups in total. The Morgan fingerprint density at radius 1 is 1.11 bits per heavy atom. The van der Waals surface area contributed by atoms with Crippen molar-refractivity contribution in [3.05, 3.63) is 34.9 Å². The molecule has 1 unspecified atom stereocenters. The number of aryl methyl sites for hydroxylation is 2. The highest BCUT2D eigenvalue weighted by Crippen LogP contribution is 2.15. The highest BCUT2D eigenvalue weighted by Gasteiger charge is 2.25. The molecule has 1 aromatic carbocycles. The van der Waals surface area contributed by atoms with Crippen LogP contribution in [0.5, 0.6) is 0 Å². The Balaban J connectivity index is 2.08.